The van der Waals surface area contributed by atoms with Crippen LogP contribution >= 0.6 is 15.9 Å². The smallest absolute Gasteiger partial charge is 0.269 e. The predicted octanol–water partition coefficient (Wildman–Crippen LogP) is 3.12. The van der Waals surface area contributed by atoms with Crippen molar-refractivity contribution >= 4 is 15.9 Å². The van der Waals surface area contributed by atoms with Crippen LogP contribution in [0, 0.1) is 0 Å². The molecule has 0 heterocycles. The lowest BCUT2D eigenvalue weighted by atomic mass is 10.00. The summed E-state index contributed by atoms with van der Waals surface area (Å²) in [5.74, 6) is -2.81. The van der Waals surface area contributed by atoms with Gasteiger partial charge in [-0.1, -0.05) is 34.1 Å². The van der Waals surface area contributed by atoms with Gasteiger partial charge in [0.1, 0.15) is 0 Å². The molecule has 2 rings (SSSR count). The quantitative estimate of drug-likeness (QED) is 0.901. The van der Waals surface area contributed by atoms with Crippen LogP contribution in [0.3, 0.4) is 0 Å². The maximum Gasteiger partial charge on any atom is 0.269 e. The molecule has 1 nitrogen and oxygen atoms in total. The van der Waals surface area contributed by atoms with Crippen LogP contribution < -0.4 is 5.73 Å². The zero-order valence-corrected chi connectivity index (χ0v) is 9.73. The Morgan fingerprint density at radius 2 is 1.93 bits per heavy atom. The second kappa shape index (κ2) is 3.52. The average molecular weight is 276 g/mol. The number of alkyl halides is 2. The van der Waals surface area contributed by atoms with Gasteiger partial charge >= 0.3 is 0 Å². The Bertz CT molecular complexity index is 375. The molecular formula is C11H12BrF2N. The van der Waals surface area contributed by atoms with Crippen LogP contribution in [0.5, 0.6) is 0 Å². The second-order valence-corrected chi connectivity index (χ2v) is 4.98. The number of hydrogen-bond acceptors (Lipinski definition) is 1. The molecule has 1 saturated carbocycles. The summed E-state index contributed by atoms with van der Waals surface area (Å²) in [4.78, 5) is 0. The fourth-order valence-electron chi connectivity index (χ4n) is 1.56. The molecule has 0 aliphatic heterocycles. The fraction of sp³-hybridized carbons (Fsp3) is 0.455. The van der Waals surface area contributed by atoms with Crippen LogP contribution in [-0.2, 0) is 6.42 Å². The van der Waals surface area contributed by atoms with Crippen molar-refractivity contribution < 1.29 is 8.78 Å². The molecular weight excluding hydrogens is 264 g/mol. The topological polar surface area (TPSA) is 26.0 Å². The monoisotopic (exact) mass is 275 g/mol. The van der Waals surface area contributed by atoms with Crippen molar-refractivity contribution in [2.75, 3.05) is 0 Å². The molecule has 0 radical (unpaired) electrons. The Morgan fingerprint density at radius 1 is 1.33 bits per heavy atom. The van der Waals surface area contributed by atoms with E-state index in [1.54, 1.807) is 24.3 Å². The van der Waals surface area contributed by atoms with E-state index in [1.807, 2.05) is 0 Å². The maximum absolute atomic E-state index is 13.7. The summed E-state index contributed by atoms with van der Waals surface area (Å²) in [7, 11) is 0. The van der Waals surface area contributed by atoms with E-state index in [4.69, 9.17) is 5.73 Å². The molecule has 0 bridgehead atoms. The highest BCUT2D eigenvalue weighted by atomic mass is 79.9. The van der Waals surface area contributed by atoms with E-state index < -0.39 is 11.5 Å². The first-order valence-electron chi connectivity index (χ1n) is 4.85. The minimum atomic E-state index is -2.81. The first-order chi connectivity index (χ1) is 6.95. The largest absolute Gasteiger partial charge is 0.320 e. The van der Waals surface area contributed by atoms with Crippen molar-refractivity contribution in [3.63, 3.8) is 0 Å². The van der Waals surface area contributed by atoms with Gasteiger partial charge < -0.3 is 5.73 Å². The highest BCUT2D eigenvalue weighted by molar-refractivity contribution is 9.10. The van der Waals surface area contributed by atoms with Crippen LogP contribution in [0.25, 0.3) is 0 Å². The molecule has 82 valence electrons. The zero-order chi connectivity index (χ0) is 11.1. The van der Waals surface area contributed by atoms with E-state index in [9.17, 15) is 8.78 Å². The molecule has 2 N–H and O–H groups in total. The molecule has 0 unspecified atom stereocenters. The molecule has 1 aromatic carbocycles. The maximum atomic E-state index is 13.7. The Kier molecular flexibility index (Phi) is 2.59. The van der Waals surface area contributed by atoms with Crippen molar-refractivity contribution in [1.29, 1.82) is 0 Å². The lowest BCUT2D eigenvalue weighted by Crippen LogP contribution is -2.45. The molecule has 0 aromatic heterocycles. The fourth-order valence-corrected chi connectivity index (χ4v) is 1.98. The van der Waals surface area contributed by atoms with E-state index in [1.165, 1.54) is 0 Å². The third kappa shape index (κ3) is 2.06. The Hall–Kier alpha value is -0.480. The van der Waals surface area contributed by atoms with Crippen molar-refractivity contribution in [3.8, 4) is 0 Å². The Morgan fingerprint density at radius 3 is 2.47 bits per heavy atom. The Labute approximate surface area is 95.8 Å². The molecule has 1 aromatic rings. The van der Waals surface area contributed by atoms with Crippen molar-refractivity contribution in [3.05, 3.63) is 34.3 Å². The molecule has 4 heteroatoms. The van der Waals surface area contributed by atoms with E-state index in [2.05, 4.69) is 15.9 Å². The van der Waals surface area contributed by atoms with E-state index in [-0.39, 0.29) is 6.42 Å². The SMILES string of the molecule is NC1(C(F)(F)Cc2ccccc2Br)CC1. The molecule has 1 fully saturated rings. The van der Waals surface area contributed by atoms with Gasteiger partial charge in [0.25, 0.3) is 5.92 Å². The summed E-state index contributed by atoms with van der Waals surface area (Å²) in [6, 6.07) is 7.03. The molecule has 0 spiro atoms. The molecule has 0 saturated heterocycles. The summed E-state index contributed by atoms with van der Waals surface area (Å²) >= 11 is 3.26. The number of nitrogens with two attached hydrogens (primary N) is 1. The summed E-state index contributed by atoms with van der Waals surface area (Å²) < 4.78 is 28.1. The normalized spacial score (nSPS) is 18.9. The van der Waals surface area contributed by atoms with Gasteiger partial charge in [-0.2, -0.15) is 0 Å². The lowest BCUT2D eigenvalue weighted by Gasteiger charge is -2.23. The highest BCUT2D eigenvalue weighted by Gasteiger charge is 2.58. The second-order valence-electron chi connectivity index (χ2n) is 4.13. The number of rotatable bonds is 3. The highest BCUT2D eigenvalue weighted by Crippen LogP contribution is 2.47. The lowest BCUT2D eigenvalue weighted by molar-refractivity contribution is -0.0351. The summed E-state index contributed by atoms with van der Waals surface area (Å²) in [5, 5.41) is 0. The number of benzene rings is 1. The van der Waals surface area contributed by atoms with E-state index in [0.29, 0.717) is 22.9 Å². The van der Waals surface area contributed by atoms with Gasteiger partial charge in [0, 0.05) is 10.9 Å². The van der Waals surface area contributed by atoms with Crippen LogP contribution in [0.1, 0.15) is 18.4 Å². The van der Waals surface area contributed by atoms with Gasteiger partial charge in [0.15, 0.2) is 0 Å². The molecule has 15 heavy (non-hydrogen) atoms. The zero-order valence-electron chi connectivity index (χ0n) is 8.14. The number of halogens is 3. The van der Waals surface area contributed by atoms with Crippen LogP contribution in [-0.4, -0.2) is 11.5 Å². The predicted molar refractivity (Wildman–Crippen MR) is 58.9 cm³/mol. The van der Waals surface area contributed by atoms with Gasteiger partial charge in [0.05, 0.1) is 5.54 Å². The number of hydrogen-bond donors (Lipinski definition) is 1. The minimum Gasteiger partial charge on any atom is -0.320 e. The minimum absolute atomic E-state index is 0.287. The van der Waals surface area contributed by atoms with Crippen LogP contribution in [0.2, 0.25) is 0 Å². The summed E-state index contributed by atoms with van der Waals surface area (Å²) in [6.07, 6.45) is 0.555. The molecule has 1 aliphatic rings. The molecule has 1 aliphatic carbocycles. The van der Waals surface area contributed by atoms with E-state index in [0.717, 1.165) is 0 Å². The third-order valence-electron chi connectivity index (χ3n) is 2.89. The van der Waals surface area contributed by atoms with Crippen LogP contribution in [0.4, 0.5) is 8.78 Å². The van der Waals surface area contributed by atoms with E-state index >= 15 is 0 Å². The van der Waals surface area contributed by atoms with Crippen LogP contribution in [0.15, 0.2) is 28.7 Å². The summed E-state index contributed by atoms with van der Waals surface area (Å²) in [5.41, 5.74) is 4.91. The van der Waals surface area contributed by atoms with Crippen molar-refractivity contribution in [2.45, 2.75) is 30.7 Å². The van der Waals surface area contributed by atoms with Crippen molar-refractivity contribution in [2.24, 2.45) is 5.73 Å². The standard InChI is InChI=1S/C11H12BrF2N/c12-9-4-2-1-3-8(9)7-11(13,14)10(15)5-6-10/h1-4H,5-7,15H2. The summed E-state index contributed by atoms with van der Waals surface area (Å²) in [6.45, 7) is 0. The van der Waals surface area contributed by atoms with Gasteiger partial charge in [-0.25, -0.2) is 8.78 Å². The van der Waals surface area contributed by atoms with Gasteiger partial charge in [-0.3, -0.25) is 0 Å². The van der Waals surface area contributed by atoms with Gasteiger partial charge in [-0.15, -0.1) is 0 Å². The first kappa shape index (κ1) is 11.0. The first-order valence-corrected chi connectivity index (χ1v) is 5.64. The molecule has 0 atom stereocenters. The Balaban J connectivity index is 2.18. The average Bonchev–Trinajstić information content (AvgIpc) is 2.89. The third-order valence-corrected chi connectivity index (χ3v) is 3.66. The van der Waals surface area contributed by atoms with Crippen molar-refractivity contribution in [1.82, 2.24) is 0 Å². The molecule has 0 amide bonds. The van der Waals surface area contributed by atoms with Gasteiger partial charge in [0.2, 0.25) is 0 Å². The van der Waals surface area contributed by atoms with Gasteiger partial charge in [-0.05, 0) is 24.5 Å².